The van der Waals surface area contributed by atoms with E-state index in [2.05, 4.69) is 0 Å². The molecular formula is C22H34N2O7. The molecule has 0 spiro atoms. The summed E-state index contributed by atoms with van der Waals surface area (Å²) in [6.45, 7) is 5.52. The van der Waals surface area contributed by atoms with Crippen LogP contribution >= 0.6 is 0 Å². The van der Waals surface area contributed by atoms with Gasteiger partial charge in [-0.2, -0.15) is 0 Å². The number of carbonyl (C=O) groups excluding carboxylic acids is 4. The van der Waals surface area contributed by atoms with Crippen LogP contribution < -0.4 is 0 Å². The maximum absolute atomic E-state index is 12.4. The highest BCUT2D eigenvalue weighted by atomic mass is 16.6. The Hall–Kier alpha value is -2.16. The van der Waals surface area contributed by atoms with Gasteiger partial charge in [-0.1, -0.05) is 0 Å². The van der Waals surface area contributed by atoms with E-state index in [-0.39, 0.29) is 37.2 Å². The van der Waals surface area contributed by atoms with Gasteiger partial charge >= 0.3 is 18.0 Å². The van der Waals surface area contributed by atoms with E-state index >= 15 is 0 Å². The van der Waals surface area contributed by atoms with Crippen LogP contribution in [0.1, 0.15) is 46.0 Å². The lowest BCUT2D eigenvalue weighted by molar-refractivity contribution is -0.151. The SMILES string of the molecule is CCOC(=O)C1CC(=O)CN1CC1CCC2CN(C(=O)OCC)C(C(=O)OC)CC2C1. The van der Waals surface area contributed by atoms with Gasteiger partial charge in [-0.05, 0) is 57.3 Å². The van der Waals surface area contributed by atoms with Crippen LogP contribution in [0.15, 0.2) is 0 Å². The fourth-order valence-corrected chi connectivity index (χ4v) is 5.42. The van der Waals surface area contributed by atoms with Crippen LogP contribution in [-0.2, 0) is 28.6 Å². The molecule has 5 atom stereocenters. The molecule has 0 aromatic carbocycles. The molecule has 31 heavy (non-hydrogen) atoms. The number of likely N-dealkylation sites (tertiary alicyclic amines) is 2. The Balaban J connectivity index is 1.64. The smallest absolute Gasteiger partial charge is 0.410 e. The van der Waals surface area contributed by atoms with Crippen molar-refractivity contribution in [2.75, 3.05) is 40.0 Å². The monoisotopic (exact) mass is 438 g/mol. The third-order valence-corrected chi connectivity index (χ3v) is 6.85. The van der Waals surface area contributed by atoms with Gasteiger partial charge in [0.15, 0.2) is 0 Å². The Kier molecular flexibility index (Phi) is 7.91. The van der Waals surface area contributed by atoms with Gasteiger partial charge in [0.25, 0.3) is 0 Å². The number of nitrogens with zero attached hydrogens (tertiary/aromatic N) is 2. The molecule has 3 fully saturated rings. The number of carbonyl (C=O) groups is 4. The van der Waals surface area contributed by atoms with Crippen molar-refractivity contribution in [2.24, 2.45) is 17.8 Å². The Morgan fingerprint density at radius 3 is 2.39 bits per heavy atom. The number of esters is 2. The van der Waals surface area contributed by atoms with E-state index in [0.29, 0.717) is 38.0 Å². The van der Waals surface area contributed by atoms with Crippen molar-refractivity contribution in [2.45, 2.75) is 58.0 Å². The molecule has 1 amide bonds. The van der Waals surface area contributed by atoms with Gasteiger partial charge < -0.3 is 14.2 Å². The summed E-state index contributed by atoms with van der Waals surface area (Å²) in [6.07, 6.45) is 3.09. The van der Waals surface area contributed by atoms with Gasteiger partial charge in [0.1, 0.15) is 17.9 Å². The first kappa shape index (κ1) is 23.5. The normalized spacial score (nSPS) is 31.1. The molecule has 2 saturated heterocycles. The number of methoxy groups -OCH3 is 1. The summed E-state index contributed by atoms with van der Waals surface area (Å²) in [5, 5.41) is 0. The van der Waals surface area contributed by atoms with Crippen LogP contribution in [0.4, 0.5) is 4.79 Å². The summed E-state index contributed by atoms with van der Waals surface area (Å²) >= 11 is 0. The molecule has 1 saturated carbocycles. The van der Waals surface area contributed by atoms with E-state index in [1.165, 1.54) is 12.0 Å². The Labute approximate surface area is 183 Å². The highest BCUT2D eigenvalue weighted by molar-refractivity contribution is 5.91. The molecule has 1 aliphatic carbocycles. The summed E-state index contributed by atoms with van der Waals surface area (Å²) in [6, 6.07) is -1.12. The lowest BCUT2D eigenvalue weighted by atomic mass is 9.69. The van der Waals surface area contributed by atoms with E-state index in [9.17, 15) is 19.2 Å². The number of amides is 1. The van der Waals surface area contributed by atoms with Crippen molar-refractivity contribution in [1.82, 2.24) is 9.80 Å². The number of hydrogen-bond donors (Lipinski definition) is 0. The minimum Gasteiger partial charge on any atom is -0.467 e. The summed E-state index contributed by atoms with van der Waals surface area (Å²) in [7, 11) is 1.33. The molecule has 0 N–H and O–H groups in total. The maximum atomic E-state index is 12.4. The first-order chi connectivity index (χ1) is 14.9. The second kappa shape index (κ2) is 10.4. The van der Waals surface area contributed by atoms with Crippen molar-refractivity contribution in [3.8, 4) is 0 Å². The topological polar surface area (TPSA) is 102 Å². The van der Waals surface area contributed by atoms with Crippen LogP contribution in [0.3, 0.4) is 0 Å². The molecule has 5 unspecified atom stereocenters. The summed E-state index contributed by atoms with van der Waals surface area (Å²) in [4.78, 5) is 52.5. The zero-order chi connectivity index (χ0) is 22.5. The lowest BCUT2D eigenvalue weighted by Gasteiger charge is -2.46. The summed E-state index contributed by atoms with van der Waals surface area (Å²) < 4.78 is 15.3. The second-order valence-electron chi connectivity index (χ2n) is 8.77. The van der Waals surface area contributed by atoms with Crippen LogP contribution in [0.2, 0.25) is 0 Å². The molecule has 0 aromatic rings. The van der Waals surface area contributed by atoms with Crippen molar-refractivity contribution in [3.63, 3.8) is 0 Å². The molecule has 2 heterocycles. The van der Waals surface area contributed by atoms with E-state index in [1.54, 1.807) is 13.8 Å². The maximum Gasteiger partial charge on any atom is 0.410 e. The van der Waals surface area contributed by atoms with Gasteiger partial charge in [0.2, 0.25) is 0 Å². The van der Waals surface area contributed by atoms with E-state index in [1.807, 2.05) is 4.90 Å². The van der Waals surface area contributed by atoms with E-state index in [4.69, 9.17) is 14.2 Å². The van der Waals surface area contributed by atoms with Crippen molar-refractivity contribution < 1.29 is 33.4 Å². The standard InChI is InChI=1S/C22H34N2O7/c1-4-30-21(27)18-10-17(25)13-23(18)11-14-6-7-15-12-24(22(28)31-5-2)19(20(26)29-3)9-16(15)8-14/h14-16,18-19H,4-13H2,1-3H3. The Morgan fingerprint density at radius 1 is 0.968 bits per heavy atom. The zero-order valence-electron chi connectivity index (χ0n) is 18.7. The zero-order valence-corrected chi connectivity index (χ0v) is 18.7. The lowest BCUT2D eigenvalue weighted by Crippen LogP contribution is -2.55. The highest BCUT2D eigenvalue weighted by Crippen LogP contribution is 2.42. The van der Waals surface area contributed by atoms with Crippen LogP contribution in [-0.4, -0.2) is 85.7 Å². The van der Waals surface area contributed by atoms with Crippen molar-refractivity contribution in [1.29, 1.82) is 0 Å². The highest BCUT2D eigenvalue weighted by Gasteiger charge is 2.46. The molecule has 9 nitrogen and oxygen atoms in total. The number of hydrogen-bond acceptors (Lipinski definition) is 8. The second-order valence-corrected chi connectivity index (χ2v) is 8.77. The third-order valence-electron chi connectivity index (χ3n) is 6.85. The van der Waals surface area contributed by atoms with E-state index in [0.717, 1.165) is 19.3 Å². The van der Waals surface area contributed by atoms with Crippen LogP contribution in [0.25, 0.3) is 0 Å². The molecule has 3 aliphatic rings. The fourth-order valence-electron chi connectivity index (χ4n) is 5.42. The van der Waals surface area contributed by atoms with Crippen molar-refractivity contribution >= 4 is 23.8 Å². The molecule has 174 valence electrons. The number of fused-ring (bicyclic) bond motifs is 1. The molecule has 0 bridgehead atoms. The van der Waals surface area contributed by atoms with E-state index < -0.39 is 24.1 Å². The van der Waals surface area contributed by atoms with Gasteiger partial charge in [0, 0.05) is 19.5 Å². The number of Topliss-reactive ketones (excluding diaryl/α,β-unsaturated/α-hetero) is 1. The molecule has 0 radical (unpaired) electrons. The summed E-state index contributed by atoms with van der Waals surface area (Å²) in [5.74, 6) is 0.254. The average Bonchev–Trinajstić information content (AvgIpc) is 3.12. The number of ketones is 1. The van der Waals surface area contributed by atoms with Gasteiger partial charge in [-0.25, -0.2) is 9.59 Å². The molecule has 9 heteroatoms. The minimum absolute atomic E-state index is 0.0697. The number of piperidine rings is 1. The quantitative estimate of drug-likeness (QED) is 0.455. The first-order valence-electron chi connectivity index (χ1n) is 11.3. The first-order valence-corrected chi connectivity index (χ1v) is 11.3. The average molecular weight is 439 g/mol. The molecule has 2 aliphatic heterocycles. The predicted molar refractivity (Wildman–Crippen MR) is 110 cm³/mol. The van der Waals surface area contributed by atoms with Gasteiger partial charge in [0.05, 0.1) is 26.9 Å². The van der Waals surface area contributed by atoms with Crippen LogP contribution in [0.5, 0.6) is 0 Å². The van der Waals surface area contributed by atoms with Gasteiger partial charge in [-0.15, -0.1) is 0 Å². The molecular weight excluding hydrogens is 404 g/mol. The van der Waals surface area contributed by atoms with Crippen molar-refractivity contribution in [3.05, 3.63) is 0 Å². The predicted octanol–water partition coefficient (Wildman–Crippen LogP) is 1.63. The Bertz CT molecular complexity index is 697. The Morgan fingerprint density at radius 2 is 1.71 bits per heavy atom. The molecule has 3 rings (SSSR count). The minimum atomic E-state index is -0.635. The largest absolute Gasteiger partial charge is 0.467 e. The fraction of sp³-hybridized carbons (Fsp3) is 0.818. The molecule has 0 aromatic heterocycles. The summed E-state index contributed by atoms with van der Waals surface area (Å²) in [5.41, 5.74) is 0. The van der Waals surface area contributed by atoms with Gasteiger partial charge in [-0.3, -0.25) is 19.4 Å². The third kappa shape index (κ3) is 5.37. The van der Waals surface area contributed by atoms with Crippen LogP contribution in [0, 0.1) is 17.8 Å². The number of ether oxygens (including phenoxy) is 3. The number of rotatable bonds is 6.